The lowest BCUT2D eigenvalue weighted by atomic mass is 9.93. The van der Waals surface area contributed by atoms with E-state index in [4.69, 9.17) is 5.11 Å². The second kappa shape index (κ2) is 32.0. The molecule has 0 aliphatic heterocycles. The monoisotopic (exact) mass is 717 g/mol. The highest BCUT2D eigenvalue weighted by Gasteiger charge is 2.13. The van der Waals surface area contributed by atoms with Crippen LogP contribution in [0.25, 0.3) is 0 Å². The van der Waals surface area contributed by atoms with Gasteiger partial charge in [-0.25, -0.2) is 0 Å². The standard InChI is InChI=1S/C50H84O2/c1-40(2)20-12-21-41(3)22-13-23-42(4)28-16-29-46(8)34-19-35-49(11)50(52)37-36-47(9)32-17-30-44(6)26-14-24-43(5)25-15-27-45(7)31-18-33-48(10)38-39-51/h20,22,25-26,28,31-32,34,38,49-52H,12-19,21,23-24,27,29-30,33,35-37,39H2,1-11H3. The molecule has 0 bridgehead atoms. The van der Waals surface area contributed by atoms with E-state index >= 15 is 0 Å². The molecule has 0 aromatic rings. The van der Waals surface area contributed by atoms with Crippen LogP contribution < -0.4 is 0 Å². The normalized spacial score (nSPS) is 15.7. The van der Waals surface area contributed by atoms with Gasteiger partial charge in [-0.1, -0.05) is 112 Å². The van der Waals surface area contributed by atoms with Crippen molar-refractivity contribution in [3.05, 3.63) is 105 Å². The summed E-state index contributed by atoms with van der Waals surface area (Å²) in [4.78, 5) is 0. The Kier molecular flexibility index (Phi) is 30.6. The molecule has 0 heterocycles. The minimum Gasteiger partial charge on any atom is -0.393 e. The Labute approximate surface area is 324 Å². The zero-order valence-corrected chi connectivity index (χ0v) is 36.2. The number of aliphatic hydroxyl groups excluding tert-OH is 2. The van der Waals surface area contributed by atoms with Crippen LogP contribution in [-0.2, 0) is 0 Å². The van der Waals surface area contributed by atoms with Gasteiger partial charge < -0.3 is 10.2 Å². The SMILES string of the molecule is CC(C)=CCCC(C)=CCCC(C)=CCCC(C)=CCCC(C)C(O)CCC(C)=CCCC(C)=CCCC(C)=CCCC(C)=CCCC(C)=CCO. The minimum absolute atomic E-state index is 0.143. The molecule has 0 aliphatic carbocycles. The predicted octanol–water partition coefficient (Wildman–Crippen LogP) is 15.5. The molecule has 296 valence electrons. The van der Waals surface area contributed by atoms with Gasteiger partial charge in [0.25, 0.3) is 0 Å². The Balaban J connectivity index is 4.27. The number of aliphatic hydroxyl groups is 2. The Morgan fingerprint density at radius 3 is 0.942 bits per heavy atom. The average Bonchev–Trinajstić information content (AvgIpc) is 3.07. The van der Waals surface area contributed by atoms with Crippen molar-refractivity contribution < 1.29 is 10.2 Å². The van der Waals surface area contributed by atoms with Crippen molar-refractivity contribution in [3.63, 3.8) is 0 Å². The molecule has 0 spiro atoms. The molecule has 0 aromatic heterocycles. The summed E-state index contributed by atoms with van der Waals surface area (Å²) in [5.74, 6) is 0.329. The van der Waals surface area contributed by atoms with Gasteiger partial charge in [-0.15, -0.1) is 0 Å². The van der Waals surface area contributed by atoms with Crippen LogP contribution in [0.1, 0.15) is 192 Å². The van der Waals surface area contributed by atoms with Gasteiger partial charge in [0, 0.05) is 0 Å². The zero-order chi connectivity index (χ0) is 39.1. The van der Waals surface area contributed by atoms with Gasteiger partial charge in [0.2, 0.25) is 0 Å². The third-order valence-corrected chi connectivity index (χ3v) is 10.3. The average molecular weight is 717 g/mol. The Morgan fingerprint density at radius 1 is 0.365 bits per heavy atom. The van der Waals surface area contributed by atoms with Crippen molar-refractivity contribution in [2.45, 2.75) is 198 Å². The van der Waals surface area contributed by atoms with Crippen LogP contribution in [0.15, 0.2) is 105 Å². The highest BCUT2D eigenvalue weighted by Crippen LogP contribution is 2.21. The van der Waals surface area contributed by atoms with E-state index in [2.05, 4.69) is 125 Å². The smallest absolute Gasteiger partial charge is 0.0614 e. The summed E-state index contributed by atoms with van der Waals surface area (Å²) in [5.41, 5.74) is 13.0. The van der Waals surface area contributed by atoms with E-state index < -0.39 is 0 Å². The minimum atomic E-state index is -0.227. The molecule has 2 N–H and O–H groups in total. The van der Waals surface area contributed by atoms with Crippen molar-refractivity contribution in [1.29, 1.82) is 0 Å². The molecule has 2 unspecified atom stereocenters. The quantitative estimate of drug-likeness (QED) is 0.0757. The highest BCUT2D eigenvalue weighted by atomic mass is 16.3. The lowest BCUT2D eigenvalue weighted by Gasteiger charge is -2.18. The van der Waals surface area contributed by atoms with E-state index in [1.165, 1.54) is 56.6 Å². The Hall–Kier alpha value is -2.42. The molecule has 0 saturated heterocycles. The van der Waals surface area contributed by atoms with Crippen LogP contribution >= 0.6 is 0 Å². The summed E-state index contributed by atoms with van der Waals surface area (Å²) < 4.78 is 0. The first-order valence-electron chi connectivity index (χ1n) is 20.9. The van der Waals surface area contributed by atoms with E-state index in [-0.39, 0.29) is 12.7 Å². The molecule has 0 fully saturated rings. The molecule has 0 radical (unpaired) electrons. The van der Waals surface area contributed by atoms with Gasteiger partial charge in [-0.3, -0.25) is 0 Å². The van der Waals surface area contributed by atoms with Crippen molar-refractivity contribution in [3.8, 4) is 0 Å². The van der Waals surface area contributed by atoms with Crippen LogP contribution in [0.5, 0.6) is 0 Å². The van der Waals surface area contributed by atoms with Gasteiger partial charge in [-0.05, 0) is 191 Å². The fraction of sp³-hybridized carbons (Fsp3) is 0.640. The number of allylic oxidation sites excluding steroid dienone is 17. The van der Waals surface area contributed by atoms with E-state index in [0.717, 1.165) is 109 Å². The highest BCUT2D eigenvalue weighted by molar-refractivity contribution is 5.10. The van der Waals surface area contributed by atoms with Gasteiger partial charge >= 0.3 is 0 Å². The third-order valence-electron chi connectivity index (χ3n) is 10.3. The summed E-state index contributed by atoms with van der Waals surface area (Å²) in [6.07, 6.45) is 40.4. The molecule has 0 rings (SSSR count). The maximum absolute atomic E-state index is 10.8. The Morgan fingerprint density at radius 2 is 0.635 bits per heavy atom. The molecule has 0 amide bonds. The number of hydrogen-bond donors (Lipinski definition) is 2. The molecule has 2 nitrogen and oxygen atoms in total. The summed E-state index contributed by atoms with van der Waals surface area (Å²) in [6.45, 7) is 24.6. The van der Waals surface area contributed by atoms with Crippen LogP contribution in [0.2, 0.25) is 0 Å². The van der Waals surface area contributed by atoms with Crippen molar-refractivity contribution in [2.24, 2.45) is 5.92 Å². The fourth-order valence-electron chi connectivity index (χ4n) is 6.28. The molecule has 0 aromatic carbocycles. The van der Waals surface area contributed by atoms with Gasteiger partial charge in [0.1, 0.15) is 0 Å². The largest absolute Gasteiger partial charge is 0.393 e. The molecule has 0 aliphatic rings. The second-order valence-electron chi connectivity index (χ2n) is 16.3. The van der Waals surface area contributed by atoms with Crippen LogP contribution in [0.3, 0.4) is 0 Å². The van der Waals surface area contributed by atoms with E-state index in [0.29, 0.717) is 5.92 Å². The zero-order valence-electron chi connectivity index (χ0n) is 36.2. The molecule has 52 heavy (non-hydrogen) atoms. The molecular weight excluding hydrogens is 633 g/mol. The first-order valence-corrected chi connectivity index (χ1v) is 20.9. The third kappa shape index (κ3) is 31.1. The first-order chi connectivity index (χ1) is 24.7. The van der Waals surface area contributed by atoms with E-state index in [1.807, 2.05) is 6.08 Å². The molecule has 2 atom stereocenters. The summed E-state index contributed by atoms with van der Waals surface area (Å²) in [6, 6.07) is 0. The van der Waals surface area contributed by atoms with Crippen molar-refractivity contribution in [2.75, 3.05) is 6.61 Å². The molecular formula is C50H84O2. The second-order valence-corrected chi connectivity index (χ2v) is 16.3. The molecule has 2 heteroatoms. The number of hydrogen-bond acceptors (Lipinski definition) is 2. The number of rotatable bonds is 29. The maximum Gasteiger partial charge on any atom is 0.0614 e. The molecule has 0 saturated carbocycles. The first kappa shape index (κ1) is 49.6. The van der Waals surface area contributed by atoms with Gasteiger partial charge in [0.05, 0.1) is 12.7 Å². The summed E-state index contributed by atoms with van der Waals surface area (Å²) in [5, 5.41) is 19.8. The van der Waals surface area contributed by atoms with E-state index in [9.17, 15) is 5.11 Å². The summed E-state index contributed by atoms with van der Waals surface area (Å²) in [7, 11) is 0. The maximum atomic E-state index is 10.8. The van der Waals surface area contributed by atoms with Crippen molar-refractivity contribution >= 4 is 0 Å². The lowest BCUT2D eigenvalue weighted by molar-refractivity contribution is 0.104. The van der Waals surface area contributed by atoms with Crippen molar-refractivity contribution in [1.82, 2.24) is 0 Å². The lowest BCUT2D eigenvalue weighted by Crippen LogP contribution is -2.17. The predicted molar refractivity (Wildman–Crippen MR) is 235 cm³/mol. The van der Waals surface area contributed by atoms with E-state index in [1.54, 1.807) is 0 Å². The van der Waals surface area contributed by atoms with Gasteiger partial charge in [0.15, 0.2) is 0 Å². The fourth-order valence-corrected chi connectivity index (χ4v) is 6.28. The van der Waals surface area contributed by atoms with Crippen LogP contribution in [-0.4, -0.2) is 22.9 Å². The van der Waals surface area contributed by atoms with Gasteiger partial charge in [-0.2, -0.15) is 0 Å². The Bertz CT molecular complexity index is 1230. The van der Waals surface area contributed by atoms with Crippen LogP contribution in [0, 0.1) is 5.92 Å². The van der Waals surface area contributed by atoms with Crippen LogP contribution in [0.4, 0.5) is 0 Å². The summed E-state index contributed by atoms with van der Waals surface area (Å²) >= 11 is 0. The topological polar surface area (TPSA) is 40.5 Å².